The number of fused-ring (bicyclic) bond motifs is 1. The molecule has 0 aromatic rings. The smallest absolute Gasteiger partial charge is 0.334 e. The predicted molar refractivity (Wildman–Crippen MR) is 47.1 cm³/mol. The molecule has 0 bridgehead atoms. The molecule has 70 valence electrons. The molecule has 1 heterocycles. The number of epoxide rings is 1. The molecule has 0 radical (unpaired) electrons. The fraction of sp³-hybridized carbons (Fsp3) is 0.500. The largest absolute Gasteiger partial charge is 0.458 e. The van der Waals surface area contributed by atoms with Gasteiger partial charge in [-0.3, -0.25) is 0 Å². The van der Waals surface area contributed by atoms with E-state index < -0.39 is 0 Å². The summed E-state index contributed by atoms with van der Waals surface area (Å²) in [6.07, 6.45) is 5.71. The standard InChI is InChI=1S/C10H12O3/c1-2-5-12-10(11)7-3-4-8-9(6-7)13-8/h2,6,8-9H,1,3-5H2. The van der Waals surface area contributed by atoms with Crippen LogP contribution in [0, 0.1) is 0 Å². The second-order valence-corrected chi connectivity index (χ2v) is 3.26. The molecule has 2 atom stereocenters. The van der Waals surface area contributed by atoms with Gasteiger partial charge in [-0.25, -0.2) is 4.79 Å². The van der Waals surface area contributed by atoms with Gasteiger partial charge < -0.3 is 9.47 Å². The second kappa shape index (κ2) is 3.34. The molecule has 0 amide bonds. The molecular weight excluding hydrogens is 168 g/mol. The third-order valence-corrected chi connectivity index (χ3v) is 2.28. The first-order valence-corrected chi connectivity index (χ1v) is 4.45. The van der Waals surface area contributed by atoms with Crippen LogP contribution in [0.2, 0.25) is 0 Å². The van der Waals surface area contributed by atoms with E-state index in [-0.39, 0.29) is 18.7 Å². The molecule has 0 saturated carbocycles. The lowest BCUT2D eigenvalue weighted by Gasteiger charge is -2.08. The Labute approximate surface area is 77.0 Å². The third-order valence-electron chi connectivity index (χ3n) is 2.28. The van der Waals surface area contributed by atoms with Crippen LogP contribution in [0.5, 0.6) is 0 Å². The topological polar surface area (TPSA) is 38.8 Å². The van der Waals surface area contributed by atoms with Crippen LogP contribution in [0.3, 0.4) is 0 Å². The van der Waals surface area contributed by atoms with Crippen molar-refractivity contribution in [3.05, 3.63) is 24.3 Å². The van der Waals surface area contributed by atoms with Crippen LogP contribution in [-0.2, 0) is 14.3 Å². The average molecular weight is 180 g/mol. The van der Waals surface area contributed by atoms with Crippen LogP contribution in [0.15, 0.2) is 24.3 Å². The molecular formula is C10H12O3. The van der Waals surface area contributed by atoms with Gasteiger partial charge >= 0.3 is 5.97 Å². The maximum Gasteiger partial charge on any atom is 0.334 e. The van der Waals surface area contributed by atoms with Crippen molar-refractivity contribution in [3.8, 4) is 0 Å². The van der Waals surface area contributed by atoms with E-state index in [1.54, 1.807) is 6.08 Å². The van der Waals surface area contributed by atoms with Gasteiger partial charge in [0.2, 0.25) is 0 Å². The minimum atomic E-state index is -0.228. The van der Waals surface area contributed by atoms with Crippen molar-refractivity contribution in [2.45, 2.75) is 25.0 Å². The van der Waals surface area contributed by atoms with Gasteiger partial charge in [0.15, 0.2) is 0 Å². The molecule has 2 aliphatic rings. The Balaban J connectivity index is 1.92. The van der Waals surface area contributed by atoms with Crippen LogP contribution >= 0.6 is 0 Å². The summed E-state index contributed by atoms with van der Waals surface area (Å²) in [5, 5.41) is 0. The van der Waals surface area contributed by atoms with Crippen LogP contribution in [-0.4, -0.2) is 24.8 Å². The van der Waals surface area contributed by atoms with Crippen LogP contribution in [0.1, 0.15) is 12.8 Å². The number of ether oxygens (including phenoxy) is 2. The van der Waals surface area contributed by atoms with Crippen LogP contribution in [0.25, 0.3) is 0 Å². The van der Waals surface area contributed by atoms with Crippen molar-refractivity contribution in [1.29, 1.82) is 0 Å². The Bertz CT molecular complexity index is 267. The molecule has 1 saturated heterocycles. The van der Waals surface area contributed by atoms with Crippen molar-refractivity contribution < 1.29 is 14.3 Å². The van der Waals surface area contributed by atoms with Gasteiger partial charge in [0.1, 0.15) is 12.7 Å². The summed E-state index contributed by atoms with van der Waals surface area (Å²) in [4.78, 5) is 11.3. The SMILES string of the molecule is C=CCOC(=O)C1=CC2OC2CC1. The minimum absolute atomic E-state index is 0.181. The summed E-state index contributed by atoms with van der Waals surface area (Å²) in [6.45, 7) is 3.76. The van der Waals surface area contributed by atoms with Gasteiger partial charge in [-0.1, -0.05) is 12.7 Å². The van der Waals surface area contributed by atoms with Crippen molar-refractivity contribution in [1.82, 2.24) is 0 Å². The number of hydrogen-bond acceptors (Lipinski definition) is 3. The van der Waals surface area contributed by atoms with E-state index in [1.165, 1.54) is 0 Å². The highest BCUT2D eigenvalue weighted by molar-refractivity contribution is 5.89. The van der Waals surface area contributed by atoms with E-state index >= 15 is 0 Å². The highest BCUT2D eigenvalue weighted by atomic mass is 16.6. The van der Waals surface area contributed by atoms with E-state index in [0.29, 0.717) is 6.10 Å². The fourth-order valence-electron chi connectivity index (χ4n) is 1.51. The van der Waals surface area contributed by atoms with Gasteiger partial charge in [-0.2, -0.15) is 0 Å². The van der Waals surface area contributed by atoms with Crippen molar-refractivity contribution in [3.63, 3.8) is 0 Å². The quantitative estimate of drug-likeness (QED) is 0.372. The summed E-state index contributed by atoms with van der Waals surface area (Å²) in [5.74, 6) is -0.228. The number of carbonyl (C=O) groups is 1. The zero-order chi connectivity index (χ0) is 9.26. The molecule has 13 heavy (non-hydrogen) atoms. The average Bonchev–Trinajstić information content (AvgIpc) is 2.91. The van der Waals surface area contributed by atoms with E-state index in [4.69, 9.17) is 9.47 Å². The number of esters is 1. The van der Waals surface area contributed by atoms with Gasteiger partial charge in [-0.05, 0) is 18.9 Å². The van der Waals surface area contributed by atoms with Gasteiger partial charge in [0.05, 0.1) is 6.10 Å². The Morgan fingerprint density at radius 3 is 3.38 bits per heavy atom. The zero-order valence-corrected chi connectivity index (χ0v) is 7.36. The molecule has 1 aliphatic heterocycles. The second-order valence-electron chi connectivity index (χ2n) is 3.26. The number of hydrogen-bond donors (Lipinski definition) is 0. The fourth-order valence-corrected chi connectivity index (χ4v) is 1.51. The Hall–Kier alpha value is -1.09. The molecule has 0 aromatic heterocycles. The monoisotopic (exact) mass is 180 g/mol. The van der Waals surface area contributed by atoms with E-state index in [0.717, 1.165) is 18.4 Å². The number of carbonyl (C=O) groups excluding carboxylic acids is 1. The van der Waals surface area contributed by atoms with Crippen molar-refractivity contribution in [2.75, 3.05) is 6.61 Å². The van der Waals surface area contributed by atoms with E-state index in [1.807, 2.05) is 6.08 Å². The van der Waals surface area contributed by atoms with E-state index in [2.05, 4.69) is 6.58 Å². The lowest BCUT2D eigenvalue weighted by molar-refractivity contribution is -0.138. The van der Waals surface area contributed by atoms with E-state index in [9.17, 15) is 4.79 Å². The Morgan fingerprint density at radius 2 is 2.69 bits per heavy atom. The molecule has 0 spiro atoms. The first kappa shape index (κ1) is 8.51. The molecule has 1 aliphatic carbocycles. The highest BCUT2D eigenvalue weighted by Crippen LogP contribution is 2.35. The summed E-state index contributed by atoms with van der Waals surface area (Å²) in [6, 6.07) is 0. The van der Waals surface area contributed by atoms with Crippen molar-refractivity contribution in [2.24, 2.45) is 0 Å². The van der Waals surface area contributed by atoms with Crippen LogP contribution in [0.4, 0.5) is 0 Å². The Kier molecular flexibility index (Phi) is 2.19. The molecule has 2 unspecified atom stereocenters. The molecule has 2 rings (SSSR count). The lowest BCUT2D eigenvalue weighted by Crippen LogP contribution is -2.13. The van der Waals surface area contributed by atoms with Crippen LogP contribution < -0.4 is 0 Å². The maximum atomic E-state index is 11.3. The normalized spacial score (nSPS) is 30.0. The summed E-state index contributed by atoms with van der Waals surface area (Å²) in [5.41, 5.74) is 0.751. The van der Waals surface area contributed by atoms with Gasteiger partial charge in [-0.15, -0.1) is 0 Å². The first-order chi connectivity index (χ1) is 6.31. The lowest BCUT2D eigenvalue weighted by atomic mass is 10.00. The summed E-state index contributed by atoms with van der Waals surface area (Å²) in [7, 11) is 0. The molecule has 0 aromatic carbocycles. The predicted octanol–water partition coefficient (Wildman–Crippen LogP) is 1.20. The van der Waals surface area contributed by atoms with Gasteiger partial charge in [0, 0.05) is 5.57 Å². The molecule has 1 fully saturated rings. The summed E-state index contributed by atoms with van der Waals surface area (Å²) >= 11 is 0. The first-order valence-electron chi connectivity index (χ1n) is 4.45. The molecule has 0 N–H and O–H groups in total. The maximum absolute atomic E-state index is 11.3. The van der Waals surface area contributed by atoms with Crippen molar-refractivity contribution >= 4 is 5.97 Å². The number of rotatable bonds is 3. The summed E-state index contributed by atoms with van der Waals surface area (Å²) < 4.78 is 10.2. The third kappa shape index (κ3) is 1.80. The zero-order valence-electron chi connectivity index (χ0n) is 7.36. The minimum Gasteiger partial charge on any atom is -0.458 e. The molecule has 3 nitrogen and oxygen atoms in total. The highest BCUT2D eigenvalue weighted by Gasteiger charge is 2.40. The molecule has 3 heteroatoms. The van der Waals surface area contributed by atoms with Gasteiger partial charge in [0.25, 0.3) is 0 Å². The Morgan fingerprint density at radius 1 is 1.85 bits per heavy atom.